The summed E-state index contributed by atoms with van der Waals surface area (Å²) in [5.41, 5.74) is 0.552. The van der Waals surface area contributed by atoms with Crippen molar-refractivity contribution >= 4 is 20.3 Å². The van der Waals surface area contributed by atoms with E-state index in [0.717, 1.165) is 0 Å². The van der Waals surface area contributed by atoms with Gasteiger partial charge in [-0.3, -0.25) is 0 Å². The molecule has 1 heterocycles. The molecule has 0 aromatic heterocycles. The normalized spacial score (nSPS) is 14.7. The Morgan fingerprint density at radius 3 is 2.44 bits per heavy atom. The van der Waals surface area contributed by atoms with Crippen LogP contribution in [0, 0.1) is 0 Å². The fourth-order valence-corrected chi connectivity index (χ4v) is 2.35. The number of hydrogen-bond donors (Lipinski definition) is 0. The van der Waals surface area contributed by atoms with Gasteiger partial charge in [0.05, 0.1) is 5.56 Å². The standard InChI is InChI=1S/C11H12O4Si/c1-16(2,3)15-8-6-4-5-7-9(8)11(13)14-10(7)12/h4-6H,1-3H3. The van der Waals surface area contributed by atoms with Crippen molar-refractivity contribution in [2.45, 2.75) is 19.6 Å². The van der Waals surface area contributed by atoms with Gasteiger partial charge < -0.3 is 9.16 Å². The highest BCUT2D eigenvalue weighted by molar-refractivity contribution is 6.70. The van der Waals surface area contributed by atoms with Gasteiger partial charge in [-0.1, -0.05) is 6.07 Å². The first-order chi connectivity index (χ1) is 7.38. The Morgan fingerprint density at radius 2 is 1.81 bits per heavy atom. The van der Waals surface area contributed by atoms with Gasteiger partial charge in [-0.2, -0.15) is 0 Å². The van der Waals surface area contributed by atoms with Gasteiger partial charge in [-0.05, 0) is 31.8 Å². The number of ether oxygens (including phenoxy) is 1. The Balaban J connectivity index is 2.50. The SMILES string of the molecule is C[Si](C)(C)Oc1cccc2c1C(=O)OC2=O. The number of esters is 2. The van der Waals surface area contributed by atoms with Crippen LogP contribution in [0.4, 0.5) is 0 Å². The summed E-state index contributed by atoms with van der Waals surface area (Å²) < 4.78 is 10.3. The molecule has 1 aliphatic heterocycles. The topological polar surface area (TPSA) is 52.6 Å². The zero-order valence-electron chi connectivity index (χ0n) is 9.37. The Labute approximate surface area is 94.3 Å². The van der Waals surface area contributed by atoms with Crippen LogP contribution < -0.4 is 4.43 Å². The van der Waals surface area contributed by atoms with E-state index in [4.69, 9.17) is 4.43 Å². The lowest BCUT2D eigenvalue weighted by Crippen LogP contribution is -2.30. The lowest BCUT2D eigenvalue weighted by atomic mass is 10.1. The second-order valence-corrected chi connectivity index (χ2v) is 9.00. The molecule has 1 aliphatic rings. The highest BCUT2D eigenvalue weighted by Gasteiger charge is 2.34. The van der Waals surface area contributed by atoms with Gasteiger partial charge in [0.2, 0.25) is 8.32 Å². The molecule has 84 valence electrons. The fraction of sp³-hybridized carbons (Fsp3) is 0.273. The maximum atomic E-state index is 11.5. The molecule has 1 aromatic rings. The summed E-state index contributed by atoms with van der Waals surface area (Å²) in [4.78, 5) is 22.8. The zero-order chi connectivity index (χ0) is 11.9. The van der Waals surface area contributed by atoms with Crippen molar-refractivity contribution in [2.24, 2.45) is 0 Å². The van der Waals surface area contributed by atoms with E-state index >= 15 is 0 Å². The molecule has 0 atom stereocenters. The summed E-state index contributed by atoms with van der Waals surface area (Å²) in [6, 6.07) is 4.95. The molecule has 4 nitrogen and oxygen atoms in total. The van der Waals surface area contributed by atoms with E-state index in [2.05, 4.69) is 4.74 Å². The maximum absolute atomic E-state index is 11.5. The summed E-state index contributed by atoms with van der Waals surface area (Å²) in [6.07, 6.45) is 0. The van der Waals surface area contributed by atoms with E-state index in [0.29, 0.717) is 11.3 Å². The van der Waals surface area contributed by atoms with Crippen LogP contribution in [0.1, 0.15) is 20.7 Å². The largest absolute Gasteiger partial charge is 0.544 e. The number of cyclic esters (lactones) is 2. The van der Waals surface area contributed by atoms with Crippen LogP contribution >= 0.6 is 0 Å². The molecule has 0 saturated carbocycles. The number of rotatable bonds is 2. The lowest BCUT2D eigenvalue weighted by Gasteiger charge is -2.20. The molecule has 2 rings (SSSR count). The molecule has 0 fully saturated rings. The third kappa shape index (κ3) is 1.86. The summed E-state index contributed by atoms with van der Waals surface area (Å²) in [7, 11) is -1.81. The molecule has 0 bridgehead atoms. The van der Waals surface area contributed by atoms with Gasteiger partial charge in [-0.25, -0.2) is 9.59 Å². The maximum Gasteiger partial charge on any atom is 0.350 e. The van der Waals surface area contributed by atoms with E-state index in [9.17, 15) is 9.59 Å². The quantitative estimate of drug-likeness (QED) is 0.449. The Bertz CT molecular complexity index is 473. The molecule has 0 N–H and O–H groups in total. The summed E-state index contributed by atoms with van der Waals surface area (Å²) in [5.74, 6) is -0.762. The molecule has 0 amide bonds. The minimum absolute atomic E-state index is 0.259. The number of carbonyl (C=O) groups excluding carboxylic acids is 2. The van der Waals surface area contributed by atoms with E-state index in [1.54, 1.807) is 18.2 Å². The third-order valence-corrected chi connectivity index (χ3v) is 2.88. The van der Waals surface area contributed by atoms with Crippen molar-refractivity contribution in [1.82, 2.24) is 0 Å². The predicted molar refractivity (Wildman–Crippen MR) is 60.2 cm³/mol. The molecule has 16 heavy (non-hydrogen) atoms. The Morgan fingerprint density at radius 1 is 1.12 bits per heavy atom. The minimum Gasteiger partial charge on any atom is -0.544 e. The second kappa shape index (κ2) is 3.45. The van der Waals surface area contributed by atoms with Crippen LogP contribution in [-0.4, -0.2) is 20.3 Å². The highest BCUT2D eigenvalue weighted by Crippen LogP contribution is 2.30. The average Bonchev–Trinajstić information content (AvgIpc) is 2.41. The molecule has 1 aromatic carbocycles. The van der Waals surface area contributed by atoms with E-state index < -0.39 is 20.3 Å². The first kappa shape index (κ1) is 10.9. The summed E-state index contributed by atoms with van der Waals surface area (Å²) >= 11 is 0. The van der Waals surface area contributed by atoms with Crippen molar-refractivity contribution in [1.29, 1.82) is 0 Å². The lowest BCUT2D eigenvalue weighted by molar-refractivity contribution is 0.0443. The van der Waals surface area contributed by atoms with E-state index in [1.807, 2.05) is 19.6 Å². The van der Waals surface area contributed by atoms with Gasteiger partial charge in [0.1, 0.15) is 11.3 Å². The van der Waals surface area contributed by atoms with Crippen molar-refractivity contribution in [3.8, 4) is 5.75 Å². The molecule has 0 spiro atoms. The number of benzene rings is 1. The Hall–Kier alpha value is -1.62. The van der Waals surface area contributed by atoms with Crippen LogP contribution in [0.3, 0.4) is 0 Å². The highest BCUT2D eigenvalue weighted by atomic mass is 28.4. The number of fused-ring (bicyclic) bond motifs is 1. The molecule has 5 heteroatoms. The summed E-state index contributed by atoms with van der Waals surface area (Å²) in [5, 5.41) is 0. The van der Waals surface area contributed by atoms with Crippen molar-refractivity contribution in [2.75, 3.05) is 0 Å². The van der Waals surface area contributed by atoms with Crippen molar-refractivity contribution < 1.29 is 18.8 Å². The van der Waals surface area contributed by atoms with Crippen molar-refractivity contribution in [3.63, 3.8) is 0 Å². The zero-order valence-corrected chi connectivity index (χ0v) is 10.4. The molecule has 0 radical (unpaired) electrons. The van der Waals surface area contributed by atoms with E-state index in [1.165, 1.54) is 0 Å². The first-order valence-electron chi connectivity index (χ1n) is 4.97. The number of hydrogen-bond acceptors (Lipinski definition) is 4. The molecule has 0 aliphatic carbocycles. The predicted octanol–water partition coefficient (Wildman–Crippen LogP) is 2.21. The van der Waals surface area contributed by atoms with Gasteiger partial charge >= 0.3 is 11.9 Å². The average molecular weight is 236 g/mol. The molecule has 0 unspecified atom stereocenters. The van der Waals surface area contributed by atoms with Crippen LogP contribution in [0.2, 0.25) is 19.6 Å². The Kier molecular flexibility index (Phi) is 2.34. The molecule has 0 saturated heterocycles. The van der Waals surface area contributed by atoms with Gasteiger partial charge in [0.25, 0.3) is 0 Å². The van der Waals surface area contributed by atoms with Crippen LogP contribution in [-0.2, 0) is 4.74 Å². The van der Waals surface area contributed by atoms with Crippen LogP contribution in [0.5, 0.6) is 5.75 Å². The minimum atomic E-state index is -1.81. The summed E-state index contributed by atoms with van der Waals surface area (Å²) in [6.45, 7) is 6.03. The van der Waals surface area contributed by atoms with Gasteiger partial charge in [-0.15, -0.1) is 0 Å². The third-order valence-electron chi connectivity index (χ3n) is 2.05. The van der Waals surface area contributed by atoms with Crippen LogP contribution in [0.15, 0.2) is 18.2 Å². The van der Waals surface area contributed by atoms with E-state index in [-0.39, 0.29) is 5.56 Å². The molecular formula is C11H12O4Si. The first-order valence-corrected chi connectivity index (χ1v) is 8.38. The van der Waals surface area contributed by atoms with Gasteiger partial charge in [0, 0.05) is 0 Å². The fourth-order valence-electron chi connectivity index (χ4n) is 1.52. The van der Waals surface area contributed by atoms with Crippen LogP contribution in [0.25, 0.3) is 0 Å². The van der Waals surface area contributed by atoms with Gasteiger partial charge in [0.15, 0.2) is 0 Å². The number of carbonyl (C=O) groups is 2. The smallest absolute Gasteiger partial charge is 0.350 e. The molecular weight excluding hydrogens is 224 g/mol. The second-order valence-electron chi connectivity index (χ2n) is 4.57. The monoisotopic (exact) mass is 236 g/mol. The van der Waals surface area contributed by atoms with Crippen molar-refractivity contribution in [3.05, 3.63) is 29.3 Å².